The molecule has 1 aliphatic rings. The number of imidazole rings is 1. The van der Waals surface area contributed by atoms with Gasteiger partial charge in [-0.05, 0) is 58.4 Å². The number of benzene rings is 4. The monoisotopic (exact) mass is 532 g/mol. The average molecular weight is 532 g/mol. The van der Waals surface area contributed by atoms with Crippen LogP contribution in [0.3, 0.4) is 0 Å². The second-order valence-corrected chi connectivity index (χ2v) is 12.1. The number of hydrogen-bond acceptors (Lipinski definition) is 3. The molecule has 1 aliphatic heterocycles. The number of aromatic hydroxyl groups is 1. The number of hydrogen-bond donors (Lipinski definition) is 1. The lowest BCUT2D eigenvalue weighted by Crippen LogP contribution is -2.29. The molecule has 4 aromatic carbocycles. The molecule has 0 radical (unpaired) electrons. The summed E-state index contributed by atoms with van der Waals surface area (Å²) in [5, 5.41) is 13.1. The summed E-state index contributed by atoms with van der Waals surface area (Å²) in [6.45, 7) is 8.97. The molecule has 0 unspecified atom stereocenters. The van der Waals surface area contributed by atoms with Crippen molar-refractivity contribution in [1.29, 1.82) is 0 Å². The van der Waals surface area contributed by atoms with Crippen LogP contribution in [0.5, 0.6) is 5.75 Å². The van der Waals surface area contributed by atoms with Crippen LogP contribution in [0, 0.1) is 0 Å². The summed E-state index contributed by atoms with van der Waals surface area (Å²) in [6, 6.07) is 31.7. The quantitative estimate of drug-likeness (QED) is 0.234. The van der Waals surface area contributed by atoms with E-state index in [0.29, 0.717) is 0 Å². The van der Waals surface area contributed by atoms with Crippen LogP contribution in [0.25, 0.3) is 61.2 Å². The predicted octanol–water partition coefficient (Wildman–Crippen LogP) is 7.56. The highest BCUT2D eigenvalue weighted by Crippen LogP contribution is 2.40. The molecule has 0 aliphatic carbocycles. The molecule has 3 aromatic heterocycles. The van der Waals surface area contributed by atoms with Crippen molar-refractivity contribution in [3.8, 4) is 34.1 Å². The zero-order valence-electron chi connectivity index (χ0n) is 23.6. The van der Waals surface area contributed by atoms with E-state index in [0.717, 1.165) is 55.9 Å². The first-order valence-electron chi connectivity index (χ1n) is 14.1. The Hall–Kier alpha value is -4.84. The topological polar surface area (TPSA) is 55.9 Å². The second-order valence-electron chi connectivity index (χ2n) is 12.1. The van der Waals surface area contributed by atoms with Gasteiger partial charge in [-0.1, -0.05) is 82.2 Å². The largest absolute Gasteiger partial charge is 0.507 e. The van der Waals surface area contributed by atoms with Gasteiger partial charge in [-0.15, -0.1) is 0 Å². The second kappa shape index (κ2) is 8.34. The smallest absolute Gasteiger partial charge is 0.293 e. The van der Waals surface area contributed by atoms with Crippen LogP contribution < -0.4 is 5.46 Å². The van der Waals surface area contributed by atoms with Crippen LogP contribution >= 0.6 is 0 Å². The first-order valence-corrected chi connectivity index (χ1v) is 14.1. The molecule has 0 amide bonds. The van der Waals surface area contributed by atoms with Gasteiger partial charge in [-0.2, -0.15) is 0 Å². The first kappa shape index (κ1) is 24.0. The fraction of sp³-hybridized carbons (Fsp3) is 0.143. The fourth-order valence-electron chi connectivity index (χ4n) is 6.60. The lowest BCUT2D eigenvalue weighted by Gasteiger charge is -2.20. The zero-order chi connectivity index (χ0) is 28.0. The number of fused-ring (bicyclic) bond motifs is 8. The molecular formula is C35H29BN4O. The van der Waals surface area contributed by atoms with Crippen LogP contribution in [0.15, 0.2) is 97.2 Å². The summed E-state index contributed by atoms with van der Waals surface area (Å²) >= 11 is 0. The van der Waals surface area contributed by atoms with Crippen LogP contribution in [0.1, 0.15) is 26.3 Å². The third-order valence-corrected chi connectivity index (χ3v) is 8.68. The van der Waals surface area contributed by atoms with E-state index >= 15 is 0 Å². The molecule has 8 rings (SSSR count). The van der Waals surface area contributed by atoms with Crippen molar-refractivity contribution < 1.29 is 5.11 Å². The van der Waals surface area contributed by atoms with E-state index < -0.39 is 0 Å². The average Bonchev–Trinajstić information content (AvgIpc) is 3.60. The molecule has 5 nitrogen and oxygen atoms in total. The lowest BCUT2D eigenvalue weighted by atomic mass is 9.59. The Morgan fingerprint density at radius 3 is 2.41 bits per heavy atom. The highest BCUT2D eigenvalue weighted by molar-refractivity contribution is 6.75. The fourth-order valence-corrected chi connectivity index (χ4v) is 6.60. The van der Waals surface area contributed by atoms with E-state index in [1.165, 1.54) is 16.3 Å². The molecule has 0 saturated heterocycles. The van der Waals surface area contributed by atoms with Gasteiger partial charge < -0.3 is 9.58 Å². The normalized spacial score (nSPS) is 12.9. The maximum absolute atomic E-state index is 10.7. The molecule has 7 aromatic rings. The standard InChI is InChI=1S/C35H29BN4O/c1-35(2,3)22-17-18-37-31(20-22)39-27-12-6-5-9-24(27)25-16-15-21(19-29(25)39)23-10-7-13-28-33(23)38-34-32-26(36(4)40(28)34)11-8-14-30(32)41/h5-20,41H,1-4H3. The maximum Gasteiger partial charge on any atom is 0.293 e. The van der Waals surface area contributed by atoms with Crippen molar-refractivity contribution >= 4 is 45.1 Å². The van der Waals surface area contributed by atoms with E-state index in [9.17, 15) is 5.11 Å². The van der Waals surface area contributed by atoms with E-state index in [4.69, 9.17) is 9.97 Å². The van der Waals surface area contributed by atoms with Gasteiger partial charge in [-0.3, -0.25) is 4.57 Å². The SMILES string of the molecule is CB1c2cccc(O)c2-c2nc3c(-c4ccc5c6ccccc6n(-c6cc(C(C)(C)C)ccn6)c5c4)cccc3n21. The molecule has 0 bridgehead atoms. The Bertz CT molecular complexity index is 2180. The van der Waals surface area contributed by atoms with Gasteiger partial charge in [0.25, 0.3) is 6.85 Å². The Morgan fingerprint density at radius 2 is 1.56 bits per heavy atom. The molecule has 41 heavy (non-hydrogen) atoms. The highest BCUT2D eigenvalue weighted by Gasteiger charge is 2.34. The molecule has 1 N–H and O–H groups in total. The Kier molecular flexibility index (Phi) is 4.88. The number of aromatic nitrogens is 4. The van der Waals surface area contributed by atoms with E-state index in [1.54, 1.807) is 6.07 Å². The summed E-state index contributed by atoms with van der Waals surface area (Å²) in [6.07, 6.45) is 1.92. The van der Waals surface area contributed by atoms with Crippen molar-refractivity contribution in [2.75, 3.05) is 0 Å². The molecule has 0 saturated carbocycles. The number of pyridine rings is 1. The predicted molar refractivity (Wildman–Crippen MR) is 170 cm³/mol. The van der Waals surface area contributed by atoms with E-state index in [1.807, 2.05) is 12.3 Å². The summed E-state index contributed by atoms with van der Waals surface area (Å²) in [4.78, 5) is 9.99. The van der Waals surface area contributed by atoms with Gasteiger partial charge in [0, 0.05) is 22.5 Å². The summed E-state index contributed by atoms with van der Waals surface area (Å²) in [5.41, 5.74) is 9.64. The number of nitrogens with zero attached hydrogens (tertiary/aromatic N) is 4. The minimum atomic E-state index is 0.0168. The van der Waals surface area contributed by atoms with Crippen LogP contribution in [-0.4, -0.2) is 31.0 Å². The summed E-state index contributed by atoms with van der Waals surface area (Å²) in [7, 11) is 0. The van der Waals surface area contributed by atoms with Crippen LogP contribution in [0.2, 0.25) is 6.82 Å². The van der Waals surface area contributed by atoms with E-state index in [-0.39, 0.29) is 18.0 Å². The first-order chi connectivity index (χ1) is 19.8. The summed E-state index contributed by atoms with van der Waals surface area (Å²) in [5.74, 6) is 2.02. The Morgan fingerprint density at radius 1 is 0.780 bits per heavy atom. The molecule has 6 heteroatoms. The molecule has 0 atom stereocenters. The van der Waals surface area contributed by atoms with Gasteiger partial charge in [0.15, 0.2) is 0 Å². The van der Waals surface area contributed by atoms with Gasteiger partial charge >= 0.3 is 0 Å². The third-order valence-electron chi connectivity index (χ3n) is 8.68. The zero-order valence-corrected chi connectivity index (χ0v) is 23.6. The van der Waals surface area contributed by atoms with Crippen molar-refractivity contribution in [3.63, 3.8) is 0 Å². The van der Waals surface area contributed by atoms with Crippen molar-refractivity contribution in [1.82, 2.24) is 19.0 Å². The van der Waals surface area contributed by atoms with Crippen LogP contribution in [0.4, 0.5) is 0 Å². The number of para-hydroxylation sites is 2. The van der Waals surface area contributed by atoms with Gasteiger partial charge in [0.1, 0.15) is 17.4 Å². The minimum Gasteiger partial charge on any atom is -0.507 e. The number of rotatable bonds is 2. The van der Waals surface area contributed by atoms with Gasteiger partial charge in [0.05, 0.1) is 27.6 Å². The molecule has 4 heterocycles. The van der Waals surface area contributed by atoms with Crippen molar-refractivity contribution in [2.45, 2.75) is 33.0 Å². The van der Waals surface area contributed by atoms with Gasteiger partial charge in [-0.25, -0.2) is 9.97 Å². The number of phenolic OH excluding ortho intramolecular Hbond substituents is 1. The molecular weight excluding hydrogens is 503 g/mol. The minimum absolute atomic E-state index is 0.0168. The van der Waals surface area contributed by atoms with Crippen molar-refractivity contribution in [3.05, 3.63) is 103 Å². The van der Waals surface area contributed by atoms with Crippen molar-refractivity contribution in [2.24, 2.45) is 0 Å². The Labute approximate surface area is 238 Å². The van der Waals surface area contributed by atoms with Gasteiger partial charge in [0.2, 0.25) is 0 Å². The van der Waals surface area contributed by atoms with E-state index in [2.05, 4.69) is 116 Å². The molecule has 0 spiro atoms. The lowest BCUT2D eigenvalue weighted by molar-refractivity contribution is 0.477. The maximum atomic E-state index is 10.7. The number of phenols is 1. The Balaban J connectivity index is 1.38. The summed E-state index contributed by atoms with van der Waals surface area (Å²) < 4.78 is 4.54. The third kappa shape index (κ3) is 3.37. The highest BCUT2D eigenvalue weighted by atomic mass is 16.3. The molecule has 0 fully saturated rings. The van der Waals surface area contributed by atoms with Crippen LogP contribution in [-0.2, 0) is 5.41 Å². The molecule has 198 valence electrons.